The Morgan fingerprint density at radius 1 is 1.32 bits per heavy atom. The Hall–Kier alpha value is -2.63. The summed E-state index contributed by atoms with van der Waals surface area (Å²) in [5.74, 6) is 2.72. The van der Waals surface area contributed by atoms with Crippen LogP contribution >= 0.6 is 0 Å². The van der Waals surface area contributed by atoms with Gasteiger partial charge in [0.05, 0.1) is 11.6 Å². The van der Waals surface area contributed by atoms with Crippen LogP contribution in [0, 0.1) is 0 Å². The number of aryl methyl sites for hydroxylation is 2. The molecule has 1 N–H and O–H groups in total. The Labute approximate surface area is 147 Å². The van der Waals surface area contributed by atoms with Crippen molar-refractivity contribution in [1.82, 2.24) is 19.7 Å². The monoisotopic (exact) mass is 337 g/mol. The van der Waals surface area contributed by atoms with Crippen molar-refractivity contribution in [1.29, 1.82) is 0 Å². The predicted molar refractivity (Wildman–Crippen MR) is 97.9 cm³/mol. The maximum Gasteiger partial charge on any atom is 0.163 e. The minimum Gasteiger partial charge on any atom is -0.490 e. The fourth-order valence-corrected chi connectivity index (χ4v) is 3.31. The van der Waals surface area contributed by atoms with E-state index in [1.807, 2.05) is 13.2 Å². The van der Waals surface area contributed by atoms with Crippen molar-refractivity contribution in [3.63, 3.8) is 0 Å². The molecule has 1 unspecified atom stereocenters. The number of nitrogens with one attached hydrogen (secondary N) is 1. The van der Waals surface area contributed by atoms with E-state index >= 15 is 0 Å². The fraction of sp³-hybridized carbons (Fsp3) is 0.421. The normalized spacial score (nSPS) is 16.0. The molecule has 0 bridgehead atoms. The van der Waals surface area contributed by atoms with E-state index in [9.17, 15) is 0 Å². The maximum absolute atomic E-state index is 5.78. The van der Waals surface area contributed by atoms with Gasteiger partial charge in [-0.05, 0) is 30.5 Å². The lowest BCUT2D eigenvalue weighted by Crippen LogP contribution is -2.06. The molecule has 1 aliphatic rings. The summed E-state index contributed by atoms with van der Waals surface area (Å²) in [5.41, 5.74) is 3.38. The number of hydrogen-bond acceptors (Lipinski definition) is 5. The van der Waals surface area contributed by atoms with E-state index in [1.54, 1.807) is 4.68 Å². The Morgan fingerprint density at radius 3 is 3.04 bits per heavy atom. The summed E-state index contributed by atoms with van der Waals surface area (Å²) in [6, 6.07) is 6.40. The summed E-state index contributed by atoms with van der Waals surface area (Å²) in [7, 11) is 1.91. The van der Waals surface area contributed by atoms with E-state index in [4.69, 9.17) is 9.72 Å². The Morgan fingerprint density at radius 2 is 2.20 bits per heavy atom. The van der Waals surface area contributed by atoms with Crippen LogP contribution in [0.15, 0.2) is 24.4 Å². The zero-order chi connectivity index (χ0) is 17.4. The molecule has 6 nitrogen and oxygen atoms in total. The van der Waals surface area contributed by atoms with Gasteiger partial charge in [-0.15, -0.1) is 0 Å². The Bertz CT molecular complexity index is 918. The van der Waals surface area contributed by atoms with Gasteiger partial charge in [0.2, 0.25) is 0 Å². The smallest absolute Gasteiger partial charge is 0.163 e. The standard InChI is InChI=1S/C19H23N5O/c1-4-5-17-22-18(15-11-21-24(3)19(15)23-17)20-10-13-6-7-16-14(9-13)8-12(2)25-16/h6-7,9,11-12H,4-5,8,10H2,1-3H3,(H,20,22,23). The molecule has 3 aromatic rings. The van der Waals surface area contributed by atoms with Gasteiger partial charge in [-0.3, -0.25) is 4.68 Å². The van der Waals surface area contributed by atoms with E-state index in [-0.39, 0.29) is 6.10 Å². The van der Waals surface area contributed by atoms with Gasteiger partial charge in [-0.1, -0.05) is 19.1 Å². The summed E-state index contributed by atoms with van der Waals surface area (Å²) in [6.45, 7) is 4.96. The number of aromatic nitrogens is 4. The van der Waals surface area contributed by atoms with Crippen LogP contribution in [-0.4, -0.2) is 25.9 Å². The first-order valence-electron chi connectivity index (χ1n) is 8.85. The molecule has 0 aliphatic carbocycles. The van der Waals surface area contributed by atoms with E-state index in [0.717, 1.165) is 47.7 Å². The van der Waals surface area contributed by atoms with Gasteiger partial charge in [-0.25, -0.2) is 9.97 Å². The highest BCUT2D eigenvalue weighted by Gasteiger charge is 2.19. The van der Waals surface area contributed by atoms with Crippen LogP contribution in [0.25, 0.3) is 11.0 Å². The molecular weight excluding hydrogens is 314 g/mol. The summed E-state index contributed by atoms with van der Waals surface area (Å²) in [5, 5.41) is 8.76. The molecule has 0 amide bonds. The molecule has 6 heteroatoms. The third kappa shape index (κ3) is 3.04. The summed E-state index contributed by atoms with van der Waals surface area (Å²) in [4.78, 5) is 9.33. The zero-order valence-electron chi connectivity index (χ0n) is 14.9. The fourth-order valence-electron chi connectivity index (χ4n) is 3.31. The average Bonchev–Trinajstić information content (AvgIpc) is 3.15. The number of anilines is 1. The number of ether oxygens (including phenoxy) is 1. The van der Waals surface area contributed by atoms with Crippen LogP contribution in [0.5, 0.6) is 5.75 Å². The van der Waals surface area contributed by atoms with E-state index in [1.165, 1.54) is 11.1 Å². The van der Waals surface area contributed by atoms with Crippen molar-refractivity contribution in [2.45, 2.75) is 45.8 Å². The topological polar surface area (TPSA) is 64.9 Å². The van der Waals surface area contributed by atoms with Crippen LogP contribution < -0.4 is 10.1 Å². The Balaban J connectivity index is 1.59. The number of hydrogen-bond donors (Lipinski definition) is 1. The molecular formula is C19H23N5O. The second kappa shape index (κ2) is 6.35. The SMILES string of the molecule is CCCc1nc(NCc2ccc3c(c2)CC(C)O3)c2cnn(C)c2n1. The van der Waals surface area contributed by atoms with Crippen molar-refractivity contribution in [2.75, 3.05) is 5.32 Å². The molecule has 4 rings (SSSR count). The van der Waals surface area contributed by atoms with Crippen LogP contribution in [0.2, 0.25) is 0 Å². The second-order valence-corrected chi connectivity index (χ2v) is 6.67. The molecule has 1 aromatic carbocycles. The summed E-state index contributed by atoms with van der Waals surface area (Å²) in [6.07, 6.45) is 4.96. The molecule has 0 saturated heterocycles. The van der Waals surface area contributed by atoms with Gasteiger partial charge < -0.3 is 10.1 Å². The highest BCUT2D eigenvalue weighted by atomic mass is 16.5. The van der Waals surface area contributed by atoms with Crippen molar-refractivity contribution < 1.29 is 4.74 Å². The van der Waals surface area contributed by atoms with Crippen LogP contribution in [-0.2, 0) is 26.4 Å². The maximum atomic E-state index is 5.78. The molecule has 0 saturated carbocycles. The number of fused-ring (bicyclic) bond motifs is 2. The molecule has 130 valence electrons. The molecule has 0 radical (unpaired) electrons. The third-order valence-corrected chi connectivity index (χ3v) is 4.53. The predicted octanol–water partition coefficient (Wildman–Crippen LogP) is 3.25. The van der Waals surface area contributed by atoms with Gasteiger partial charge in [-0.2, -0.15) is 5.10 Å². The summed E-state index contributed by atoms with van der Waals surface area (Å²) >= 11 is 0. The lowest BCUT2D eigenvalue weighted by atomic mass is 10.1. The summed E-state index contributed by atoms with van der Waals surface area (Å²) < 4.78 is 7.58. The number of nitrogens with zero attached hydrogens (tertiary/aromatic N) is 4. The van der Waals surface area contributed by atoms with Crippen molar-refractivity contribution in [3.8, 4) is 5.75 Å². The minimum absolute atomic E-state index is 0.270. The second-order valence-electron chi connectivity index (χ2n) is 6.67. The first-order valence-corrected chi connectivity index (χ1v) is 8.85. The lowest BCUT2D eigenvalue weighted by Gasteiger charge is -2.10. The van der Waals surface area contributed by atoms with Crippen molar-refractivity contribution in [3.05, 3.63) is 41.3 Å². The number of benzene rings is 1. The first-order chi connectivity index (χ1) is 12.1. The molecule has 25 heavy (non-hydrogen) atoms. The van der Waals surface area contributed by atoms with E-state index < -0.39 is 0 Å². The Kier molecular flexibility index (Phi) is 4.03. The number of rotatable bonds is 5. The third-order valence-electron chi connectivity index (χ3n) is 4.53. The van der Waals surface area contributed by atoms with Crippen LogP contribution in [0.1, 0.15) is 37.2 Å². The molecule has 1 atom stereocenters. The van der Waals surface area contributed by atoms with Gasteiger partial charge >= 0.3 is 0 Å². The molecule has 3 heterocycles. The minimum atomic E-state index is 0.270. The molecule has 0 spiro atoms. The average molecular weight is 337 g/mol. The molecule has 1 aliphatic heterocycles. The highest BCUT2D eigenvalue weighted by molar-refractivity contribution is 5.86. The first kappa shape index (κ1) is 15.9. The quantitative estimate of drug-likeness (QED) is 0.774. The van der Waals surface area contributed by atoms with Crippen LogP contribution in [0.4, 0.5) is 5.82 Å². The van der Waals surface area contributed by atoms with E-state index in [2.05, 4.69) is 47.4 Å². The van der Waals surface area contributed by atoms with Crippen molar-refractivity contribution >= 4 is 16.9 Å². The molecule has 2 aromatic heterocycles. The molecule has 0 fully saturated rings. The highest BCUT2D eigenvalue weighted by Crippen LogP contribution is 2.29. The van der Waals surface area contributed by atoms with Gasteiger partial charge in [0.25, 0.3) is 0 Å². The van der Waals surface area contributed by atoms with Gasteiger partial charge in [0, 0.05) is 26.4 Å². The van der Waals surface area contributed by atoms with Crippen molar-refractivity contribution in [2.24, 2.45) is 7.05 Å². The van der Waals surface area contributed by atoms with Crippen LogP contribution in [0.3, 0.4) is 0 Å². The zero-order valence-corrected chi connectivity index (χ0v) is 14.9. The van der Waals surface area contributed by atoms with Gasteiger partial charge in [0.1, 0.15) is 23.5 Å². The lowest BCUT2D eigenvalue weighted by molar-refractivity contribution is 0.254. The van der Waals surface area contributed by atoms with E-state index in [0.29, 0.717) is 6.54 Å². The van der Waals surface area contributed by atoms with Gasteiger partial charge in [0.15, 0.2) is 5.65 Å². The largest absolute Gasteiger partial charge is 0.490 e.